The molecule has 1 aromatic heterocycles. The smallest absolute Gasteiger partial charge is 0.269 e. The molecule has 0 aliphatic carbocycles. The summed E-state index contributed by atoms with van der Waals surface area (Å²) >= 11 is 1.50. The Morgan fingerprint density at radius 1 is 1.19 bits per heavy atom. The van der Waals surface area contributed by atoms with Crippen LogP contribution in [-0.2, 0) is 4.74 Å². The molecule has 9 heteroatoms. The zero-order valence-electron chi connectivity index (χ0n) is 18.2. The van der Waals surface area contributed by atoms with Crippen LogP contribution in [0.1, 0.15) is 27.9 Å². The largest absolute Gasteiger partial charge is 0.379 e. The van der Waals surface area contributed by atoms with Crippen LogP contribution in [0.2, 0.25) is 0 Å². The summed E-state index contributed by atoms with van der Waals surface area (Å²) in [6, 6.07) is 9.91. The Morgan fingerprint density at radius 2 is 1.88 bits per heavy atom. The minimum absolute atomic E-state index is 0.0358. The molecule has 0 bridgehead atoms. The van der Waals surface area contributed by atoms with Gasteiger partial charge in [-0.15, -0.1) is 0 Å². The number of anilines is 1. The van der Waals surface area contributed by atoms with Gasteiger partial charge in [-0.3, -0.25) is 24.7 Å². The van der Waals surface area contributed by atoms with Crippen molar-refractivity contribution in [1.82, 2.24) is 9.88 Å². The van der Waals surface area contributed by atoms with Crippen molar-refractivity contribution in [1.29, 1.82) is 0 Å². The molecule has 2 heterocycles. The number of non-ortho nitro benzene ring substituents is 1. The molecule has 168 valence electrons. The van der Waals surface area contributed by atoms with Gasteiger partial charge in [-0.05, 0) is 55.7 Å². The standard InChI is InChI=1S/C23H26N4O4S/c1-16-14-20-21(15-17(16)2)32-23(24-20)26(9-3-8-25-10-12-31-13-11-25)22(28)18-4-6-19(7-5-18)27(29)30/h4-7,14-15H,3,8-13H2,1-2H3. The average Bonchev–Trinajstić information content (AvgIpc) is 3.19. The number of rotatable bonds is 7. The lowest BCUT2D eigenvalue weighted by Crippen LogP contribution is -2.39. The third kappa shape index (κ3) is 4.95. The van der Waals surface area contributed by atoms with Gasteiger partial charge in [-0.2, -0.15) is 0 Å². The van der Waals surface area contributed by atoms with Gasteiger partial charge in [0.1, 0.15) is 0 Å². The van der Waals surface area contributed by atoms with Gasteiger partial charge in [0.25, 0.3) is 11.6 Å². The number of thiazole rings is 1. The van der Waals surface area contributed by atoms with Crippen LogP contribution in [0, 0.1) is 24.0 Å². The second kappa shape index (κ2) is 9.72. The van der Waals surface area contributed by atoms with Crippen LogP contribution in [0.4, 0.5) is 10.8 Å². The SMILES string of the molecule is Cc1cc2nc(N(CCCN3CCOCC3)C(=O)c3ccc([N+](=O)[O-])cc3)sc2cc1C. The predicted molar refractivity (Wildman–Crippen MR) is 126 cm³/mol. The fraction of sp³-hybridized carbons (Fsp3) is 0.391. The van der Waals surface area contributed by atoms with Crippen molar-refractivity contribution in [2.24, 2.45) is 0 Å². The molecule has 0 N–H and O–H groups in total. The number of carbonyl (C=O) groups excluding carboxylic acids is 1. The second-order valence-corrected chi connectivity index (χ2v) is 8.98. The number of morpholine rings is 1. The van der Waals surface area contributed by atoms with E-state index in [0.717, 1.165) is 55.0 Å². The first kappa shape index (κ1) is 22.3. The lowest BCUT2D eigenvalue weighted by Gasteiger charge is -2.27. The molecule has 0 radical (unpaired) electrons. The van der Waals surface area contributed by atoms with E-state index in [1.54, 1.807) is 4.90 Å². The van der Waals surface area contributed by atoms with Gasteiger partial charge >= 0.3 is 0 Å². The first-order valence-corrected chi connectivity index (χ1v) is 11.5. The summed E-state index contributed by atoms with van der Waals surface area (Å²) in [6.07, 6.45) is 0.798. The number of nitrogens with zero attached hydrogens (tertiary/aromatic N) is 4. The minimum atomic E-state index is -0.466. The van der Waals surface area contributed by atoms with Crippen molar-refractivity contribution >= 4 is 38.3 Å². The molecule has 32 heavy (non-hydrogen) atoms. The normalized spacial score (nSPS) is 14.6. The Balaban J connectivity index is 1.59. The quantitative estimate of drug-likeness (QED) is 0.393. The Hall–Kier alpha value is -2.88. The number of carbonyl (C=O) groups is 1. The van der Waals surface area contributed by atoms with Crippen LogP contribution < -0.4 is 4.90 Å². The summed E-state index contributed by atoms with van der Waals surface area (Å²) in [5.74, 6) is -0.200. The molecule has 4 rings (SSSR count). The van der Waals surface area contributed by atoms with E-state index >= 15 is 0 Å². The molecule has 2 aromatic carbocycles. The Kier molecular flexibility index (Phi) is 6.78. The van der Waals surface area contributed by atoms with E-state index in [0.29, 0.717) is 17.2 Å². The molecule has 0 atom stereocenters. The highest BCUT2D eigenvalue weighted by Gasteiger charge is 2.23. The maximum Gasteiger partial charge on any atom is 0.269 e. The molecule has 8 nitrogen and oxygen atoms in total. The molecule has 0 unspecified atom stereocenters. The molecule has 0 spiro atoms. The summed E-state index contributed by atoms with van der Waals surface area (Å²) in [5.41, 5.74) is 3.60. The number of ether oxygens (including phenoxy) is 1. The number of nitro groups is 1. The van der Waals surface area contributed by atoms with E-state index in [1.165, 1.54) is 41.2 Å². The third-order valence-corrected chi connectivity index (χ3v) is 6.79. The van der Waals surface area contributed by atoms with Crippen LogP contribution in [-0.4, -0.2) is 60.1 Å². The zero-order chi connectivity index (χ0) is 22.7. The van der Waals surface area contributed by atoms with Crippen LogP contribution in [0.15, 0.2) is 36.4 Å². The number of aryl methyl sites for hydroxylation is 2. The van der Waals surface area contributed by atoms with E-state index in [4.69, 9.17) is 9.72 Å². The summed E-state index contributed by atoms with van der Waals surface area (Å²) in [5, 5.41) is 11.6. The number of amides is 1. The Labute approximate surface area is 190 Å². The number of fused-ring (bicyclic) bond motifs is 1. The Bertz CT molecular complexity index is 1080. The fourth-order valence-corrected chi connectivity index (χ4v) is 4.80. The highest BCUT2D eigenvalue weighted by atomic mass is 32.1. The highest BCUT2D eigenvalue weighted by molar-refractivity contribution is 7.22. The van der Waals surface area contributed by atoms with Crippen molar-refractivity contribution in [3.8, 4) is 0 Å². The topological polar surface area (TPSA) is 88.8 Å². The highest BCUT2D eigenvalue weighted by Crippen LogP contribution is 2.32. The molecular weight excluding hydrogens is 428 g/mol. The van der Waals surface area contributed by atoms with Gasteiger partial charge in [-0.25, -0.2) is 4.98 Å². The summed E-state index contributed by atoms with van der Waals surface area (Å²) in [4.78, 5) is 32.7. The summed E-state index contributed by atoms with van der Waals surface area (Å²) in [6.45, 7) is 8.78. The number of nitro benzene ring substituents is 1. The van der Waals surface area contributed by atoms with Crippen LogP contribution in [0.3, 0.4) is 0 Å². The number of hydrogen-bond donors (Lipinski definition) is 0. The molecular formula is C23H26N4O4S. The first-order chi connectivity index (χ1) is 15.4. The van der Waals surface area contributed by atoms with Gasteiger partial charge < -0.3 is 4.74 Å². The van der Waals surface area contributed by atoms with E-state index in [9.17, 15) is 14.9 Å². The van der Waals surface area contributed by atoms with Crippen molar-refractivity contribution in [2.75, 3.05) is 44.3 Å². The first-order valence-electron chi connectivity index (χ1n) is 10.7. The van der Waals surface area contributed by atoms with E-state index in [-0.39, 0.29) is 11.6 Å². The lowest BCUT2D eigenvalue weighted by atomic mass is 10.1. The molecule has 1 saturated heterocycles. The van der Waals surface area contributed by atoms with Crippen LogP contribution in [0.5, 0.6) is 0 Å². The average molecular weight is 455 g/mol. The third-order valence-electron chi connectivity index (χ3n) is 5.75. The van der Waals surface area contributed by atoms with Gasteiger partial charge in [-0.1, -0.05) is 11.3 Å². The predicted octanol–water partition coefficient (Wildman–Crippen LogP) is 4.19. The zero-order valence-corrected chi connectivity index (χ0v) is 19.1. The van der Waals surface area contributed by atoms with Gasteiger partial charge in [0.15, 0.2) is 5.13 Å². The van der Waals surface area contributed by atoms with Gasteiger partial charge in [0.05, 0.1) is 28.4 Å². The second-order valence-electron chi connectivity index (χ2n) is 7.97. The molecule has 1 fully saturated rings. The monoisotopic (exact) mass is 454 g/mol. The molecule has 3 aromatic rings. The number of hydrogen-bond acceptors (Lipinski definition) is 7. The fourth-order valence-electron chi connectivity index (χ4n) is 3.73. The maximum atomic E-state index is 13.4. The van der Waals surface area contributed by atoms with Crippen LogP contribution in [0.25, 0.3) is 10.2 Å². The maximum absolute atomic E-state index is 13.4. The van der Waals surface area contributed by atoms with Gasteiger partial charge in [0, 0.05) is 43.9 Å². The van der Waals surface area contributed by atoms with Crippen molar-refractivity contribution in [3.05, 3.63) is 63.2 Å². The van der Waals surface area contributed by atoms with Crippen LogP contribution >= 0.6 is 11.3 Å². The van der Waals surface area contributed by atoms with E-state index < -0.39 is 4.92 Å². The summed E-state index contributed by atoms with van der Waals surface area (Å²) in [7, 11) is 0. The molecule has 1 amide bonds. The summed E-state index contributed by atoms with van der Waals surface area (Å²) < 4.78 is 6.45. The van der Waals surface area contributed by atoms with E-state index in [2.05, 4.69) is 24.8 Å². The van der Waals surface area contributed by atoms with Crippen molar-refractivity contribution < 1.29 is 14.5 Å². The number of benzene rings is 2. The molecule has 0 saturated carbocycles. The van der Waals surface area contributed by atoms with E-state index in [1.807, 2.05) is 6.07 Å². The Morgan fingerprint density at radius 3 is 2.56 bits per heavy atom. The van der Waals surface area contributed by atoms with Gasteiger partial charge in [0.2, 0.25) is 0 Å². The molecule has 1 aliphatic rings. The molecule has 1 aliphatic heterocycles. The van der Waals surface area contributed by atoms with Crippen molar-refractivity contribution in [3.63, 3.8) is 0 Å². The number of aromatic nitrogens is 1. The van der Waals surface area contributed by atoms with Crippen molar-refractivity contribution in [2.45, 2.75) is 20.3 Å². The lowest BCUT2D eigenvalue weighted by molar-refractivity contribution is -0.384. The minimum Gasteiger partial charge on any atom is -0.379 e.